The Bertz CT molecular complexity index is 1550. The van der Waals surface area contributed by atoms with Crippen LogP contribution in [0.1, 0.15) is 68.7 Å². The monoisotopic (exact) mass is 642 g/mol. The molecule has 1 unspecified atom stereocenters. The SMILES string of the molecule is CCC(=O)CCCCCC(NC(=O)Cc1c(C)[nH]c2ccc(OC)cc12)C1=NC=C(CCc2ccccc2)[NH2+]1.O=C([O-])C(F)(F)F. The van der Waals surface area contributed by atoms with Crippen molar-refractivity contribution < 1.29 is 42.7 Å². The summed E-state index contributed by atoms with van der Waals surface area (Å²) in [7, 11) is 1.65. The molecule has 0 spiro atoms. The van der Waals surface area contributed by atoms with Crippen molar-refractivity contribution in [1.82, 2.24) is 10.3 Å². The van der Waals surface area contributed by atoms with E-state index >= 15 is 0 Å². The Kier molecular flexibility index (Phi) is 13.5. The molecule has 46 heavy (non-hydrogen) atoms. The van der Waals surface area contributed by atoms with Crippen molar-refractivity contribution >= 4 is 34.4 Å². The summed E-state index contributed by atoms with van der Waals surface area (Å²) in [5, 5.41) is 15.2. The fourth-order valence-corrected chi connectivity index (χ4v) is 5.12. The smallest absolute Gasteiger partial charge is 0.430 e. The summed E-state index contributed by atoms with van der Waals surface area (Å²) in [5.41, 5.74) is 5.45. The number of hydrogen-bond donors (Lipinski definition) is 3. The zero-order valence-electron chi connectivity index (χ0n) is 26.3. The topological polar surface area (TPSA) is 140 Å². The number of H-pyrrole nitrogens is 1. The van der Waals surface area contributed by atoms with Crippen LogP contribution in [0.25, 0.3) is 10.9 Å². The lowest BCUT2D eigenvalue weighted by Crippen LogP contribution is -2.88. The van der Waals surface area contributed by atoms with E-state index in [9.17, 15) is 22.8 Å². The Balaban J connectivity index is 0.000000738. The van der Waals surface area contributed by atoms with Gasteiger partial charge in [-0.3, -0.25) is 14.9 Å². The average Bonchev–Trinajstić information content (AvgIpc) is 3.63. The van der Waals surface area contributed by atoms with Gasteiger partial charge < -0.3 is 24.9 Å². The van der Waals surface area contributed by atoms with E-state index in [4.69, 9.17) is 19.6 Å². The lowest BCUT2D eigenvalue weighted by molar-refractivity contribution is -0.486. The first kappa shape index (κ1) is 36.0. The second kappa shape index (κ2) is 17.3. The van der Waals surface area contributed by atoms with Crippen molar-refractivity contribution in [2.75, 3.05) is 7.11 Å². The number of benzene rings is 2. The van der Waals surface area contributed by atoms with Gasteiger partial charge in [0.25, 0.3) is 0 Å². The number of allylic oxidation sites excluding steroid dienone is 1. The maximum atomic E-state index is 13.4. The number of nitrogens with two attached hydrogens (primary N) is 1. The Labute approximate surface area is 266 Å². The van der Waals surface area contributed by atoms with Crippen LogP contribution in [-0.2, 0) is 27.2 Å². The van der Waals surface area contributed by atoms with Crippen molar-refractivity contribution in [2.24, 2.45) is 4.99 Å². The third-order valence-corrected chi connectivity index (χ3v) is 7.69. The van der Waals surface area contributed by atoms with Gasteiger partial charge in [-0.1, -0.05) is 50.1 Å². The van der Waals surface area contributed by atoms with Gasteiger partial charge in [-0.15, -0.1) is 0 Å². The van der Waals surface area contributed by atoms with Crippen LogP contribution in [0.5, 0.6) is 5.75 Å². The van der Waals surface area contributed by atoms with E-state index in [0.29, 0.717) is 18.6 Å². The molecule has 0 radical (unpaired) electrons. The van der Waals surface area contributed by atoms with E-state index in [2.05, 4.69) is 39.9 Å². The summed E-state index contributed by atoms with van der Waals surface area (Å²) in [6, 6.07) is 16.2. The second-order valence-electron chi connectivity index (χ2n) is 11.1. The molecule has 1 aliphatic heterocycles. The molecule has 3 aromatic rings. The number of fused-ring (bicyclic) bond motifs is 1. The maximum Gasteiger partial charge on any atom is 0.430 e. The van der Waals surface area contributed by atoms with Gasteiger partial charge >= 0.3 is 6.18 Å². The number of methoxy groups -OCH3 is 1. The van der Waals surface area contributed by atoms with Crippen LogP contribution in [0.3, 0.4) is 0 Å². The van der Waals surface area contributed by atoms with Gasteiger partial charge in [0.1, 0.15) is 29.2 Å². The zero-order valence-corrected chi connectivity index (χ0v) is 26.3. The van der Waals surface area contributed by atoms with Crippen LogP contribution in [0.4, 0.5) is 13.2 Å². The molecule has 4 N–H and O–H groups in total. The number of amides is 1. The lowest BCUT2D eigenvalue weighted by atomic mass is 10.0. The number of nitrogens with one attached hydrogen (secondary N) is 2. The van der Waals surface area contributed by atoms with Gasteiger partial charge in [0.15, 0.2) is 0 Å². The number of unbranched alkanes of at least 4 members (excludes halogenated alkanes) is 2. The lowest BCUT2D eigenvalue weighted by Gasteiger charge is -2.17. The highest BCUT2D eigenvalue weighted by Gasteiger charge is 2.29. The van der Waals surface area contributed by atoms with E-state index in [-0.39, 0.29) is 18.4 Å². The number of aromatic nitrogens is 1. The predicted octanol–water partition coefficient (Wildman–Crippen LogP) is 4.19. The molecule has 2 aromatic carbocycles. The molecule has 0 aliphatic carbocycles. The molecule has 1 atom stereocenters. The highest BCUT2D eigenvalue weighted by molar-refractivity contribution is 5.93. The standard InChI is InChI=1S/C32H40N4O3.C2HF3O2/c1-4-25(37)13-9-6-10-14-30(32-33-21-24(35-32)16-15-23-11-7-5-8-12-23)36-31(38)20-27-22(2)34-29-18-17-26(39-3)19-28(27)29;3-2(4,5)1(6)7/h5,7-8,11-12,17-19,21,30,34H,4,6,9-10,13-16,20H2,1-3H3,(H,33,35)(H,36,38);(H,6,7). The second-order valence-corrected chi connectivity index (χ2v) is 11.1. The number of aliphatic carboxylic acids is 1. The number of amidine groups is 1. The van der Waals surface area contributed by atoms with Crippen molar-refractivity contribution in [3.63, 3.8) is 0 Å². The number of hydrogen-bond acceptors (Lipinski definition) is 6. The predicted molar refractivity (Wildman–Crippen MR) is 167 cm³/mol. The highest BCUT2D eigenvalue weighted by Crippen LogP contribution is 2.27. The number of halogens is 3. The molecule has 1 amide bonds. The van der Waals surface area contributed by atoms with Gasteiger partial charge in [0.2, 0.25) is 11.7 Å². The maximum absolute atomic E-state index is 13.4. The van der Waals surface area contributed by atoms with Gasteiger partial charge in [0, 0.05) is 35.9 Å². The van der Waals surface area contributed by atoms with Gasteiger partial charge in [-0.25, -0.2) is 4.99 Å². The van der Waals surface area contributed by atoms with E-state index in [0.717, 1.165) is 72.3 Å². The summed E-state index contributed by atoms with van der Waals surface area (Å²) in [5.74, 6) is -1.04. The van der Waals surface area contributed by atoms with Crippen molar-refractivity contribution in [3.05, 3.63) is 77.2 Å². The van der Waals surface area contributed by atoms with Crippen LogP contribution in [0.2, 0.25) is 0 Å². The van der Waals surface area contributed by atoms with Crippen LogP contribution >= 0.6 is 0 Å². The molecule has 12 heteroatoms. The molecule has 0 fully saturated rings. The average molecular weight is 643 g/mol. The van der Waals surface area contributed by atoms with E-state index < -0.39 is 12.1 Å². The summed E-state index contributed by atoms with van der Waals surface area (Å²) < 4.78 is 37.0. The third kappa shape index (κ3) is 11.2. The fourth-order valence-electron chi connectivity index (χ4n) is 5.12. The Morgan fingerprint density at radius 2 is 1.78 bits per heavy atom. The number of carbonyl (C=O) groups is 3. The molecule has 1 aromatic heterocycles. The number of Topliss-reactive ketones (excluding diaryl/α,β-unsaturated/α-hetero) is 1. The number of nitrogens with zero attached hydrogens (tertiary/aromatic N) is 1. The minimum absolute atomic E-state index is 0.0261. The molecule has 0 bridgehead atoms. The first-order valence-electron chi connectivity index (χ1n) is 15.3. The van der Waals surface area contributed by atoms with E-state index in [1.807, 2.05) is 44.3 Å². The van der Waals surface area contributed by atoms with Crippen LogP contribution < -0.4 is 20.5 Å². The van der Waals surface area contributed by atoms with Gasteiger partial charge in [0.05, 0.1) is 19.7 Å². The number of aliphatic imine (C=N–C) groups is 1. The van der Waals surface area contributed by atoms with Crippen LogP contribution in [0, 0.1) is 6.92 Å². The molecule has 0 saturated carbocycles. The molecule has 1 aliphatic rings. The number of aryl methyl sites for hydroxylation is 2. The van der Waals surface area contributed by atoms with Crippen molar-refractivity contribution in [3.8, 4) is 5.75 Å². The molecule has 4 rings (SSSR count). The Morgan fingerprint density at radius 1 is 1.07 bits per heavy atom. The summed E-state index contributed by atoms with van der Waals surface area (Å²) >= 11 is 0. The summed E-state index contributed by atoms with van der Waals surface area (Å²) in [4.78, 5) is 41.9. The third-order valence-electron chi connectivity index (χ3n) is 7.69. The van der Waals surface area contributed by atoms with E-state index in [1.54, 1.807) is 7.11 Å². The number of aromatic amines is 1. The number of carbonyl (C=O) groups excluding carboxylic acids is 3. The normalized spacial score (nSPS) is 13.3. The number of ketones is 1. The molecule has 248 valence electrons. The summed E-state index contributed by atoms with van der Waals surface area (Å²) in [6.07, 6.45) is 3.69. The zero-order chi connectivity index (χ0) is 33.7. The first-order valence-corrected chi connectivity index (χ1v) is 15.3. The van der Waals surface area contributed by atoms with Gasteiger partial charge in [-0.05, 0) is 55.5 Å². The quantitative estimate of drug-likeness (QED) is 0.213. The number of rotatable bonds is 15. The number of alkyl halides is 3. The Hall–Kier alpha value is -4.45. The van der Waals surface area contributed by atoms with Crippen LogP contribution in [-0.4, -0.2) is 47.8 Å². The minimum atomic E-state index is -5.19. The first-order chi connectivity index (χ1) is 21.9. The largest absolute Gasteiger partial charge is 0.542 e. The highest BCUT2D eigenvalue weighted by atomic mass is 19.4. The molecule has 0 saturated heterocycles. The molecular formula is C34H41F3N4O5. The number of quaternary nitrogens is 1. The summed E-state index contributed by atoms with van der Waals surface area (Å²) in [6.45, 7) is 3.91. The Morgan fingerprint density at radius 3 is 2.43 bits per heavy atom. The van der Waals surface area contributed by atoms with Crippen molar-refractivity contribution in [2.45, 2.75) is 83.9 Å². The van der Waals surface area contributed by atoms with Gasteiger partial charge in [-0.2, -0.15) is 13.2 Å². The number of carboxylic acids is 1. The number of ether oxygens (including phenoxy) is 1. The van der Waals surface area contributed by atoms with Crippen LogP contribution in [0.15, 0.2) is 65.4 Å². The van der Waals surface area contributed by atoms with Crippen molar-refractivity contribution in [1.29, 1.82) is 0 Å². The minimum Gasteiger partial charge on any atom is -0.542 e. The fraction of sp³-hybridized carbons (Fsp3) is 0.412. The van der Waals surface area contributed by atoms with E-state index in [1.165, 1.54) is 11.3 Å². The molecule has 9 nitrogen and oxygen atoms in total. The molecule has 2 heterocycles. The number of carboxylic acid groups (broad SMARTS) is 1. The molecular weight excluding hydrogens is 601 g/mol.